The van der Waals surface area contributed by atoms with Crippen LogP contribution >= 0.6 is 0 Å². The normalized spacial score (nSPS) is 10.5. The Labute approximate surface area is 144 Å². The number of carbonyl (C=O) groups excluding carboxylic acids is 1. The summed E-state index contributed by atoms with van der Waals surface area (Å²) in [4.78, 5) is 12.1. The van der Waals surface area contributed by atoms with E-state index in [9.17, 15) is 4.79 Å². The maximum Gasteiger partial charge on any atom is 0.251 e. The van der Waals surface area contributed by atoms with Crippen molar-refractivity contribution in [2.75, 3.05) is 18.5 Å². The number of hydrogen-bond donors (Lipinski definition) is 2. The number of hydrogen-bond acceptors (Lipinski definition) is 3. The standard InChI is InChI=1S/C20H26N2O2/c1-4-24-19-10-5-7-16(11-19)14-21-18-9-6-8-17(12-18)20(23)22-13-15(2)3/h5-12,15,21H,4,13-14H2,1-3H3,(H,22,23). The Morgan fingerprint density at radius 1 is 1.12 bits per heavy atom. The number of benzene rings is 2. The van der Waals surface area contributed by atoms with E-state index in [1.807, 2.05) is 49.4 Å². The summed E-state index contributed by atoms with van der Waals surface area (Å²) in [5.74, 6) is 1.28. The Hall–Kier alpha value is -2.49. The maximum atomic E-state index is 12.1. The van der Waals surface area contributed by atoms with Gasteiger partial charge in [0.1, 0.15) is 5.75 Å². The molecule has 0 saturated heterocycles. The molecule has 0 aliphatic carbocycles. The largest absolute Gasteiger partial charge is 0.494 e. The fraction of sp³-hybridized carbons (Fsp3) is 0.350. The molecule has 0 bridgehead atoms. The Bertz CT molecular complexity index is 668. The molecule has 0 spiro atoms. The van der Waals surface area contributed by atoms with E-state index in [-0.39, 0.29) is 5.91 Å². The van der Waals surface area contributed by atoms with Crippen molar-refractivity contribution in [2.24, 2.45) is 5.92 Å². The van der Waals surface area contributed by atoms with Gasteiger partial charge >= 0.3 is 0 Å². The lowest BCUT2D eigenvalue weighted by molar-refractivity contribution is 0.0949. The average Bonchev–Trinajstić information content (AvgIpc) is 2.59. The summed E-state index contributed by atoms with van der Waals surface area (Å²) < 4.78 is 5.51. The second-order valence-corrected chi connectivity index (χ2v) is 6.12. The highest BCUT2D eigenvalue weighted by Gasteiger charge is 2.06. The zero-order valence-electron chi connectivity index (χ0n) is 14.6. The van der Waals surface area contributed by atoms with Crippen LogP contribution in [0.3, 0.4) is 0 Å². The summed E-state index contributed by atoms with van der Waals surface area (Å²) in [6, 6.07) is 15.6. The minimum absolute atomic E-state index is 0.0364. The number of nitrogens with one attached hydrogen (secondary N) is 2. The van der Waals surface area contributed by atoms with Gasteiger partial charge in [-0.05, 0) is 48.7 Å². The van der Waals surface area contributed by atoms with Crippen LogP contribution in [-0.2, 0) is 6.54 Å². The molecule has 0 aliphatic rings. The molecule has 4 nitrogen and oxygen atoms in total. The summed E-state index contributed by atoms with van der Waals surface area (Å²) in [7, 11) is 0. The molecule has 0 fully saturated rings. The van der Waals surface area contributed by atoms with E-state index in [1.165, 1.54) is 0 Å². The summed E-state index contributed by atoms with van der Waals surface area (Å²) in [5.41, 5.74) is 2.73. The first-order valence-electron chi connectivity index (χ1n) is 8.42. The number of ether oxygens (including phenoxy) is 1. The van der Waals surface area contributed by atoms with Gasteiger partial charge in [-0.2, -0.15) is 0 Å². The van der Waals surface area contributed by atoms with Gasteiger partial charge in [-0.15, -0.1) is 0 Å². The lowest BCUT2D eigenvalue weighted by Gasteiger charge is -2.11. The quantitative estimate of drug-likeness (QED) is 0.768. The van der Waals surface area contributed by atoms with Crippen molar-refractivity contribution in [1.82, 2.24) is 5.32 Å². The van der Waals surface area contributed by atoms with Gasteiger partial charge in [0.05, 0.1) is 6.61 Å². The fourth-order valence-corrected chi connectivity index (χ4v) is 2.29. The Morgan fingerprint density at radius 3 is 2.67 bits per heavy atom. The van der Waals surface area contributed by atoms with Crippen LogP contribution in [0.1, 0.15) is 36.7 Å². The molecule has 128 valence electrons. The summed E-state index contributed by atoms with van der Waals surface area (Å²) in [5, 5.41) is 6.29. The van der Waals surface area contributed by atoms with Crippen molar-refractivity contribution in [3.63, 3.8) is 0 Å². The molecule has 0 atom stereocenters. The molecule has 0 aromatic heterocycles. The second-order valence-electron chi connectivity index (χ2n) is 6.12. The van der Waals surface area contributed by atoms with Gasteiger partial charge in [-0.3, -0.25) is 4.79 Å². The molecule has 24 heavy (non-hydrogen) atoms. The molecule has 2 aromatic rings. The van der Waals surface area contributed by atoms with Gasteiger partial charge in [-0.1, -0.05) is 32.0 Å². The zero-order chi connectivity index (χ0) is 17.4. The van der Waals surface area contributed by atoms with Crippen LogP contribution in [-0.4, -0.2) is 19.1 Å². The SMILES string of the molecule is CCOc1cccc(CNc2cccc(C(=O)NCC(C)C)c2)c1. The highest BCUT2D eigenvalue weighted by atomic mass is 16.5. The van der Waals surface area contributed by atoms with Gasteiger partial charge in [0.25, 0.3) is 5.91 Å². The van der Waals surface area contributed by atoms with Crippen molar-refractivity contribution < 1.29 is 9.53 Å². The molecule has 2 aromatic carbocycles. The molecule has 0 unspecified atom stereocenters. The van der Waals surface area contributed by atoms with Gasteiger partial charge < -0.3 is 15.4 Å². The topological polar surface area (TPSA) is 50.4 Å². The van der Waals surface area contributed by atoms with Crippen LogP contribution in [0.2, 0.25) is 0 Å². The van der Waals surface area contributed by atoms with Crippen LogP contribution in [0.15, 0.2) is 48.5 Å². The third-order valence-electron chi connectivity index (χ3n) is 3.50. The van der Waals surface area contributed by atoms with Gasteiger partial charge in [0.15, 0.2) is 0 Å². The van der Waals surface area contributed by atoms with Crippen LogP contribution in [0, 0.1) is 5.92 Å². The van der Waals surface area contributed by atoms with Gasteiger partial charge in [0.2, 0.25) is 0 Å². The minimum Gasteiger partial charge on any atom is -0.494 e. The molecule has 0 radical (unpaired) electrons. The van der Waals surface area contributed by atoms with E-state index in [0.717, 1.165) is 17.0 Å². The maximum absolute atomic E-state index is 12.1. The van der Waals surface area contributed by atoms with Crippen molar-refractivity contribution in [1.29, 1.82) is 0 Å². The van der Waals surface area contributed by atoms with Crippen molar-refractivity contribution in [3.05, 3.63) is 59.7 Å². The summed E-state index contributed by atoms with van der Waals surface area (Å²) in [6.07, 6.45) is 0. The van der Waals surface area contributed by atoms with Crippen molar-refractivity contribution >= 4 is 11.6 Å². The molecule has 0 saturated carbocycles. The van der Waals surface area contributed by atoms with Crippen molar-refractivity contribution in [2.45, 2.75) is 27.3 Å². The Morgan fingerprint density at radius 2 is 1.92 bits per heavy atom. The molecule has 2 rings (SSSR count). The van der Waals surface area contributed by atoms with Crippen LogP contribution in [0.5, 0.6) is 5.75 Å². The van der Waals surface area contributed by atoms with E-state index in [0.29, 0.717) is 31.2 Å². The van der Waals surface area contributed by atoms with E-state index in [4.69, 9.17) is 4.74 Å². The van der Waals surface area contributed by atoms with Crippen LogP contribution in [0.25, 0.3) is 0 Å². The fourth-order valence-electron chi connectivity index (χ4n) is 2.29. The second kappa shape index (κ2) is 8.96. The number of anilines is 1. The molecular formula is C20H26N2O2. The highest BCUT2D eigenvalue weighted by Crippen LogP contribution is 2.16. The minimum atomic E-state index is -0.0364. The van der Waals surface area contributed by atoms with E-state index in [1.54, 1.807) is 0 Å². The lowest BCUT2D eigenvalue weighted by Crippen LogP contribution is -2.27. The molecule has 1 amide bonds. The smallest absolute Gasteiger partial charge is 0.251 e. The summed E-state index contributed by atoms with van der Waals surface area (Å²) in [6.45, 7) is 8.15. The molecule has 4 heteroatoms. The third-order valence-corrected chi connectivity index (χ3v) is 3.50. The molecule has 0 aliphatic heterocycles. The highest BCUT2D eigenvalue weighted by molar-refractivity contribution is 5.95. The molecule has 0 heterocycles. The number of carbonyl (C=O) groups is 1. The number of amides is 1. The van der Waals surface area contributed by atoms with E-state index < -0.39 is 0 Å². The average molecular weight is 326 g/mol. The zero-order valence-corrected chi connectivity index (χ0v) is 14.6. The number of rotatable bonds is 8. The van der Waals surface area contributed by atoms with Crippen molar-refractivity contribution in [3.8, 4) is 5.75 Å². The monoisotopic (exact) mass is 326 g/mol. The van der Waals surface area contributed by atoms with Crippen LogP contribution < -0.4 is 15.4 Å². The predicted molar refractivity (Wildman–Crippen MR) is 98.6 cm³/mol. The lowest BCUT2D eigenvalue weighted by atomic mass is 10.1. The predicted octanol–water partition coefficient (Wildman–Crippen LogP) is 4.08. The Balaban J connectivity index is 1.97. The first-order chi connectivity index (χ1) is 11.6. The summed E-state index contributed by atoms with van der Waals surface area (Å²) >= 11 is 0. The third kappa shape index (κ3) is 5.61. The van der Waals surface area contributed by atoms with Crippen LogP contribution in [0.4, 0.5) is 5.69 Å². The van der Waals surface area contributed by atoms with E-state index >= 15 is 0 Å². The Kier molecular flexibility index (Phi) is 6.67. The van der Waals surface area contributed by atoms with Gasteiger partial charge in [0, 0.05) is 24.3 Å². The first-order valence-corrected chi connectivity index (χ1v) is 8.42. The van der Waals surface area contributed by atoms with Gasteiger partial charge in [-0.25, -0.2) is 0 Å². The first kappa shape index (κ1) is 17.9. The van der Waals surface area contributed by atoms with E-state index in [2.05, 4.69) is 30.5 Å². The molecular weight excluding hydrogens is 300 g/mol. The molecule has 2 N–H and O–H groups in total.